The van der Waals surface area contributed by atoms with Crippen molar-refractivity contribution in [1.29, 1.82) is 0 Å². The zero-order valence-electron chi connectivity index (χ0n) is 14.3. The second-order valence-electron chi connectivity index (χ2n) is 5.89. The number of hydrogen-bond donors (Lipinski definition) is 3. The van der Waals surface area contributed by atoms with Gasteiger partial charge < -0.3 is 16.0 Å². The molecule has 1 aromatic rings. The lowest BCUT2D eigenvalue weighted by atomic mass is 10.1. The lowest BCUT2D eigenvalue weighted by Gasteiger charge is -2.15. The van der Waals surface area contributed by atoms with Crippen LogP contribution in [0, 0.1) is 6.92 Å². The number of carbonyl (C=O) groups excluding carboxylic acids is 4. The summed E-state index contributed by atoms with van der Waals surface area (Å²) in [6.45, 7) is 3.38. The van der Waals surface area contributed by atoms with Crippen LogP contribution in [0.25, 0.3) is 0 Å². The first-order valence-electron chi connectivity index (χ1n) is 8.19. The van der Waals surface area contributed by atoms with E-state index in [1.807, 2.05) is 19.9 Å². The quantitative estimate of drug-likeness (QED) is 0.652. The third-order valence-electron chi connectivity index (χ3n) is 3.72. The maximum absolute atomic E-state index is 12.2. The van der Waals surface area contributed by atoms with E-state index in [-0.39, 0.29) is 19.0 Å². The predicted molar refractivity (Wildman–Crippen MR) is 93.1 cm³/mol. The molecule has 0 spiro atoms. The molecule has 0 aliphatic carbocycles. The molecule has 2 rings (SSSR count). The van der Waals surface area contributed by atoms with Crippen molar-refractivity contribution in [2.75, 3.05) is 23.7 Å². The van der Waals surface area contributed by atoms with Crippen LogP contribution in [-0.4, -0.2) is 41.7 Å². The molecule has 0 unspecified atom stereocenters. The lowest BCUT2D eigenvalue weighted by molar-refractivity contribution is -0.128. The Hall–Kier alpha value is -2.90. The molecule has 1 heterocycles. The smallest absolute Gasteiger partial charge is 0.325 e. The van der Waals surface area contributed by atoms with E-state index < -0.39 is 17.8 Å². The molecule has 8 nitrogen and oxygen atoms in total. The van der Waals surface area contributed by atoms with Crippen LogP contribution in [0.3, 0.4) is 0 Å². The van der Waals surface area contributed by atoms with Gasteiger partial charge in [-0.15, -0.1) is 0 Å². The van der Waals surface area contributed by atoms with Gasteiger partial charge in [0, 0.05) is 6.42 Å². The second-order valence-corrected chi connectivity index (χ2v) is 5.89. The number of imide groups is 1. The molecule has 0 radical (unpaired) electrons. The Morgan fingerprint density at radius 1 is 1.16 bits per heavy atom. The molecule has 5 amide bonds. The van der Waals surface area contributed by atoms with Crippen LogP contribution >= 0.6 is 0 Å². The molecule has 8 heteroatoms. The topological polar surface area (TPSA) is 108 Å². The molecule has 1 fully saturated rings. The van der Waals surface area contributed by atoms with Gasteiger partial charge in [0.25, 0.3) is 5.91 Å². The highest BCUT2D eigenvalue weighted by Crippen LogP contribution is 2.23. The Morgan fingerprint density at radius 2 is 1.88 bits per heavy atom. The van der Waals surface area contributed by atoms with Gasteiger partial charge in [-0.1, -0.05) is 19.4 Å². The summed E-state index contributed by atoms with van der Waals surface area (Å²) in [4.78, 5) is 48.0. The second kappa shape index (κ2) is 8.27. The van der Waals surface area contributed by atoms with Crippen LogP contribution in [-0.2, 0) is 14.4 Å². The van der Waals surface area contributed by atoms with Crippen LogP contribution in [0.5, 0.6) is 0 Å². The molecule has 3 N–H and O–H groups in total. The lowest BCUT2D eigenvalue weighted by Crippen LogP contribution is -2.38. The molecule has 25 heavy (non-hydrogen) atoms. The molecule has 134 valence electrons. The van der Waals surface area contributed by atoms with Crippen LogP contribution in [0.15, 0.2) is 18.2 Å². The van der Waals surface area contributed by atoms with E-state index in [4.69, 9.17) is 0 Å². The van der Waals surface area contributed by atoms with E-state index in [1.54, 1.807) is 12.1 Å². The van der Waals surface area contributed by atoms with E-state index >= 15 is 0 Å². The normalized spacial score (nSPS) is 13.6. The zero-order chi connectivity index (χ0) is 18.4. The Bertz CT molecular complexity index is 686. The first-order chi connectivity index (χ1) is 11.9. The van der Waals surface area contributed by atoms with Gasteiger partial charge in [-0.05, 0) is 31.0 Å². The summed E-state index contributed by atoms with van der Waals surface area (Å²) in [5, 5.41) is 7.78. The third-order valence-corrected chi connectivity index (χ3v) is 3.72. The molecule has 1 aliphatic heterocycles. The van der Waals surface area contributed by atoms with Crippen LogP contribution in [0.1, 0.15) is 31.7 Å². The number of unbranched alkanes of at least 4 members (excludes halogenated alkanes) is 1. The largest absolute Gasteiger partial charge is 0.329 e. The van der Waals surface area contributed by atoms with Crippen molar-refractivity contribution in [2.45, 2.75) is 33.1 Å². The van der Waals surface area contributed by atoms with E-state index in [1.165, 1.54) is 0 Å². The number of hydrogen-bond acceptors (Lipinski definition) is 4. The standard InChI is InChI=1S/C17H22N4O4/c1-3-4-5-14(22)19-12-7-6-11(2)8-13(12)20-15(23)10-21-16(24)9-18-17(21)25/h6-8H,3-5,9-10H2,1-2H3,(H,18,25)(H,19,22)(H,20,23). The molecule has 0 bridgehead atoms. The van der Waals surface area contributed by atoms with Crippen molar-refractivity contribution in [3.05, 3.63) is 23.8 Å². The Morgan fingerprint density at radius 3 is 2.52 bits per heavy atom. The minimum atomic E-state index is -0.586. The zero-order valence-corrected chi connectivity index (χ0v) is 14.3. The fraction of sp³-hybridized carbons (Fsp3) is 0.412. The monoisotopic (exact) mass is 346 g/mol. The number of aryl methyl sites for hydroxylation is 1. The molecule has 1 aliphatic rings. The fourth-order valence-electron chi connectivity index (χ4n) is 2.37. The van der Waals surface area contributed by atoms with Crippen molar-refractivity contribution in [1.82, 2.24) is 10.2 Å². The Kier molecular flexibility index (Phi) is 6.10. The summed E-state index contributed by atoms with van der Waals surface area (Å²) in [5.41, 5.74) is 1.82. The average Bonchev–Trinajstić information content (AvgIpc) is 2.87. The van der Waals surface area contributed by atoms with Gasteiger partial charge in [0.05, 0.1) is 17.9 Å². The van der Waals surface area contributed by atoms with Gasteiger partial charge >= 0.3 is 6.03 Å². The van der Waals surface area contributed by atoms with Crippen LogP contribution in [0.4, 0.5) is 16.2 Å². The highest BCUT2D eigenvalue weighted by atomic mass is 16.2. The minimum absolute atomic E-state index is 0.102. The summed E-state index contributed by atoms with van der Waals surface area (Å²) in [6, 6.07) is 4.67. The van der Waals surface area contributed by atoms with Crippen molar-refractivity contribution >= 4 is 35.1 Å². The molecule has 0 saturated carbocycles. The SMILES string of the molecule is CCCCC(=O)Nc1ccc(C)cc1NC(=O)CN1C(=O)CNC1=O. The van der Waals surface area contributed by atoms with Crippen molar-refractivity contribution in [2.24, 2.45) is 0 Å². The Labute approximate surface area is 145 Å². The average molecular weight is 346 g/mol. The highest BCUT2D eigenvalue weighted by molar-refractivity contribution is 6.07. The van der Waals surface area contributed by atoms with E-state index in [0.717, 1.165) is 23.3 Å². The van der Waals surface area contributed by atoms with E-state index in [0.29, 0.717) is 17.8 Å². The van der Waals surface area contributed by atoms with E-state index in [2.05, 4.69) is 16.0 Å². The molecule has 1 saturated heterocycles. The van der Waals surface area contributed by atoms with Gasteiger partial charge in [0.2, 0.25) is 11.8 Å². The number of amides is 5. The first-order valence-corrected chi connectivity index (χ1v) is 8.19. The summed E-state index contributed by atoms with van der Waals surface area (Å²) in [6.07, 6.45) is 2.10. The summed E-state index contributed by atoms with van der Waals surface area (Å²) < 4.78 is 0. The molecule has 0 aromatic heterocycles. The highest BCUT2D eigenvalue weighted by Gasteiger charge is 2.30. The number of urea groups is 1. The number of carbonyl (C=O) groups is 4. The van der Waals surface area contributed by atoms with Crippen LogP contribution in [0.2, 0.25) is 0 Å². The molecule has 0 atom stereocenters. The maximum Gasteiger partial charge on any atom is 0.325 e. The van der Waals surface area contributed by atoms with Crippen molar-refractivity contribution in [3.63, 3.8) is 0 Å². The maximum atomic E-state index is 12.2. The number of benzene rings is 1. The van der Waals surface area contributed by atoms with Gasteiger partial charge in [0.15, 0.2) is 0 Å². The fourth-order valence-corrected chi connectivity index (χ4v) is 2.37. The van der Waals surface area contributed by atoms with Gasteiger partial charge in [-0.3, -0.25) is 19.3 Å². The summed E-state index contributed by atoms with van der Waals surface area (Å²) in [5.74, 6) is -1.09. The molecular formula is C17H22N4O4. The molecule has 1 aromatic carbocycles. The van der Waals surface area contributed by atoms with Crippen LogP contribution < -0.4 is 16.0 Å². The molecular weight excluding hydrogens is 324 g/mol. The predicted octanol–water partition coefficient (Wildman–Crippen LogP) is 1.61. The van der Waals surface area contributed by atoms with Gasteiger partial charge in [0.1, 0.15) is 6.54 Å². The van der Waals surface area contributed by atoms with Gasteiger partial charge in [-0.2, -0.15) is 0 Å². The van der Waals surface area contributed by atoms with E-state index in [9.17, 15) is 19.2 Å². The number of nitrogens with one attached hydrogen (secondary N) is 3. The third kappa shape index (κ3) is 5.03. The number of rotatable bonds is 7. The van der Waals surface area contributed by atoms with Crippen molar-refractivity contribution < 1.29 is 19.2 Å². The number of anilines is 2. The summed E-state index contributed by atoms with van der Waals surface area (Å²) in [7, 11) is 0. The minimum Gasteiger partial charge on any atom is -0.329 e. The first kappa shape index (κ1) is 18.4. The van der Waals surface area contributed by atoms with Gasteiger partial charge in [-0.25, -0.2) is 4.79 Å². The number of nitrogens with zero attached hydrogens (tertiary/aromatic N) is 1. The van der Waals surface area contributed by atoms with Crippen molar-refractivity contribution in [3.8, 4) is 0 Å². The Balaban J connectivity index is 2.05. The summed E-state index contributed by atoms with van der Waals surface area (Å²) >= 11 is 0.